The minimum atomic E-state index is -1.75. The summed E-state index contributed by atoms with van der Waals surface area (Å²) in [6.45, 7) is 2.65. The first kappa shape index (κ1) is 14.3. The molecule has 96 valence electrons. The first-order valence-corrected chi connectivity index (χ1v) is 6.41. The lowest BCUT2D eigenvalue weighted by molar-refractivity contribution is -0.139. The lowest BCUT2D eigenvalue weighted by atomic mass is 10.1. The predicted octanol–water partition coefficient (Wildman–Crippen LogP) is 1.81. The van der Waals surface area contributed by atoms with E-state index in [9.17, 15) is 13.4 Å². The second kappa shape index (κ2) is 5.27. The predicted molar refractivity (Wildman–Crippen MR) is 64.7 cm³/mol. The van der Waals surface area contributed by atoms with Crippen molar-refractivity contribution in [2.24, 2.45) is 0 Å². The third-order valence-electron chi connectivity index (χ3n) is 2.55. The Bertz CT molecular complexity index is 549. The number of hydrogen-bond acceptors (Lipinski definition) is 3. The third kappa shape index (κ3) is 2.93. The van der Waals surface area contributed by atoms with Gasteiger partial charge in [-0.05, 0) is 26.0 Å². The molecule has 18 heavy (non-hydrogen) atoms. The Labute approximate surface area is 107 Å². The van der Waals surface area contributed by atoms with E-state index in [4.69, 9.17) is 10.4 Å². The lowest BCUT2D eigenvalue weighted by Crippen LogP contribution is -2.37. The summed E-state index contributed by atoms with van der Waals surface area (Å²) in [5, 5.41) is 17.5. The van der Waals surface area contributed by atoms with Gasteiger partial charge in [0.25, 0.3) is 0 Å². The Balaban J connectivity index is 2.97. The molecular formula is C12H12FNO3S. The van der Waals surface area contributed by atoms with E-state index in [1.54, 1.807) is 6.07 Å². The fraction of sp³-hybridized carbons (Fsp3) is 0.333. The van der Waals surface area contributed by atoms with Gasteiger partial charge in [-0.1, -0.05) is 6.07 Å². The van der Waals surface area contributed by atoms with E-state index in [0.29, 0.717) is 0 Å². The van der Waals surface area contributed by atoms with Gasteiger partial charge in [-0.25, -0.2) is 4.39 Å². The maximum Gasteiger partial charge on any atom is 0.321 e. The van der Waals surface area contributed by atoms with Gasteiger partial charge in [0, 0.05) is 16.4 Å². The van der Waals surface area contributed by atoms with E-state index in [1.165, 1.54) is 26.0 Å². The second-order valence-electron chi connectivity index (χ2n) is 4.22. The Morgan fingerprint density at radius 2 is 2.17 bits per heavy atom. The number of carboxylic acids is 1. The molecule has 0 aromatic heterocycles. The summed E-state index contributed by atoms with van der Waals surface area (Å²) >= 11 is 0. The van der Waals surface area contributed by atoms with Gasteiger partial charge in [-0.15, -0.1) is 0 Å². The van der Waals surface area contributed by atoms with E-state index in [-0.39, 0.29) is 16.9 Å². The van der Waals surface area contributed by atoms with Crippen molar-refractivity contribution in [2.75, 3.05) is 0 Å². The van der Waals surface area contributed by atoms with E-state index in [2.05, 4.69) is 0 Å². The average molecular weight is 269 g/mol. The van der Waals surface area contributed by atoms with Crippen LogP contribution in [0.2, 0.25) is 0 Å². The van der Waals surface area contributed by atoms with Crippen LogP contribution in [0.5, 0.6) is 0 Å². The van der Waals surface area contributed by atoms with Gasteiger partial charge >= 0.3 is 5.97 Å². The molecule has 0 saturated heterocycles. The average Bonchev–Trinajstić information content (AvgIpc) is 2.31. The Morgan fingerprint density at radius 3 is 2.61 bits per heavy atom. The van der Waals surface area contributed by atoms with Crippen LogP contribution in [0.15, 0.2) is 18.2 Å². The first-order valence-electron chi connectivity index (χ1n) is 5.09. The number of halogens is 1. The topological polar surface area (TPSA) is 78.2 Å². The van der Waals surface area contributed by atoms with Crippen LogP contribution < -0.4 is 0 Å². The SMILES string of the molecule is CC(C)(C(=O)O)S(=O)Cc1ccc(C#N)cc1F. The van der Waals surface area contributed by atoms with Gasteiger partial charge < -0.3 is 5.11 Å². The fourth-order valence-electron chi connectivity index (χ4n) is 1.15. The van der Waals surface area contributed by atoms with Gasteiger partial charge in [0.2, 0.25) is 0 Å². The number of aliphatic carboxylic acids is 1. The van der Waals surface area contributed by atoms with Crippen LogP contribution in [0.4, 0.5) is 4.39 Å². The van der Waals surface area contributed by atoms with Crippen molar-refractivity contribution in [3.8, 4) is 6.07 Å². The summed E-state index contributed by atoms with van der Waals surface area (Å²) in [6.07, 6.45) is 0. The molecule has 0 aliphatic carbocycles. The van der Waals surface area contributed by atoms with Crippen molar-refractivity contribution >= 4 is 16.8 Å². The van der Waals surface area contributed by atoms with Crippen molar-refractivity contribution < 1.29 is 18.5 Å². The number of carboxylic acid groups (broad SMARTS) is 1. The smallest absolute Gasteiger partial charge is 0.321 e. The Hall–Kier alpha value is -1.74. The zero-order chi connectivity index (χ0) is 13.9. The molecule has 0 heterocycles. The maximum absolute atomic E-state index is 13.6. The molecular weight excluding hydrogens is 257 g/mol. The molecule has 1 aromatic rings. The van der Waals surface area contributed by atoms with Gasteiger partial charge in [0.15, 0.2) is 0 Å². The summed E-state index contributed by atoms with van der Waals surface area (Å²) in [6, 6.07) is 5.59. The van der Waals surface area contributed by atoms with E-state index in [1.807, 2.05) is 0 Å². The molecule has 0 bridgehead atoms. The van der Waals surface area contributed by atoms with Gasteiger partial charge in [-0.3, -0.25) is 9.00 Å². The number of nitrogens with zero attached hydrogens (tertiary/aromatic N) is 1. The standard InChI is InChI=1S/C12H12FNO3S/c1-12(2,11(15)16)18(17)7-9-4-3-8(6-14)5-10(9)13/h3-5H,7H2,1-2H3,(H,15,16). The van der Waals surface area contributed by atoms with Crippen molar-refractivity contribution in [1.82, 2.24) is 0 Å². The normalized spacial score (nSPS) is 12.8. The monoisotopic (exact) mass is 269 g/mol. The molecule has 0 amide bonds. The van der Waals surface area contributed by atoms with Crippen LogP contribution in [0.3, 0.4) is 0 Å². The molecule has 6 heteroatoms. The van der Waals surface area contributed by atoms with Crippen LogP contribution >= 0.6 is 0 Å². The zero-order valence-electron chi connectivity index (χ0n) is 9.94. The minimum Gasteiger partial charge on any atom is -0.480 e. The second-order valence-corrected chi connectivity index (χ2v) is 6.22. The molecule has 1 aromatic carbocycles. The van der Waals surface area contributed by atoms with Crippen LogP contribution in [-0.2, 0) is 21.3 Å². The highest BCUT2D eigenvalue weighted by molar-refractivity contribution is 7.86. The van der Waals surface area contributed by atoms with Crippen molar-refractivity contribution in [1.29, 1.82) is 5.26 Å². The van der Waals surface area contributed by atoms with Crippen LogP contribution in [0.25, 0.3) is 0 Å². The number of carbonyl (C=O) groups is 1. The highest BCUT2D eigenvalue weighted by atomic mass is 32.2. The van der Waals surface area contributed by atoms with Gasteiger partial charge in [-0.2, -0.15) is 5.26 Å². The molecule has 1 rings (SSSR count). The number of hydrogen-bond donors (Lipinski definition) is 1. The molecule has 1 unspecified atom stereocenters. The summed E-state index contributed by atoms with van der Waals surface area (Å²) in [7, 11) is -1.75. The van der Waals surface area contributed by atoms with E-state index in [0.717, 1.165) is 6.07 Å². The number of rotatable bonds is 4. The van der Waals surface area contributed by atoms with Crippen LogP contribution in [0.1, 0.15) is 25.0 Å². The van der Waals surface area contributed by atoms with Gasteiger partial charge in [0.05, 0.1) is 17.4 Å². The molecule has 0 saturated carbocycles. The molecule has 0 spiro atoms. The van der Waals surface area contributed by atoms with Crippen LogP contribution in [-0.4, -0.2) is 20.0 Å². The van der Waals surface area contributed by atoms with Crippen molar-refractivity contribution in [2.45, 2.75) is 24.3 Å². The highest BCUT2D eigenvalue weighted by Crippen LogP contribution is 2.20. The molecule has 1 atom stereocenters. The summed E-state index contributed by atoms with van der Waals surface area (Å²) < 4.78 is 24.0. The molecule has 0 radical (unpaired) electrons. The lowest BCUT2D eigenvalue weighted by Gasteiger charge is -2.18. The summed E-state index contributed by atoms with van der Waals surface area (Å²) in [5.74, 6) is -2.05. The van der Waals surface area contributed by atoms with Crippen LogP contribution in [0, 0.1) is 17.1 Å². The molecule has 4 nitrogen and oxygen atoms in total. The third-order valence-corrected chi connectivity index (χ3v) is 4.44. The van der Waals surface area contributed by atoms with Gasteiger partial charge in [0.1, 0.15) is 10.6 Å². The maximum atomic E-state index is 13.6. The Kier molecular flexibility index (Phi) is 4.19. The Morgan fingerprint density at radius 1 is 1.56 bits per heavy atom. The largest absolute Gasteiger partial charge is 0.480 e. The van der Waals surface area contributed by atoms with Crippen molar-refractivity contribution in [3.63, 3.8) is 0 Å². The van der Waals surface area contributed by atoms with Crippen molar-refractivity contribution in [3.05, 3.63) is 35.1 Å². The highest BCUT2D eigenvalue weighted by Gasteiger charge is 2.34. The van der Waals surface area contributed by atoms with E-state index < -0.39 is 27.3 Å². The quantitative estimate of drug-likeness (QED) is 0.904. The number of nitriles is 1. The zero-order valence-corrected chi connectivity index (χ0v) is 10.8. The molecule has 0 aliphatic rings. The molecule has 1 N–H and O–H groups in total. The fourth-order valence-corrected chi connectivity index (χ4v) is 2.23. The number of benzene rings is 1. The summed E-state index contributed by atoms with van der Waals surface area (Å²) in [5.41, 5.74) is 0.307. The van der Waals surface area contributed by atoms with E-state index >= 15 is 0 Å². The minimum absolute atomic E-state index is 0.140. The molecule has 0 fully saturated rings. The first-order chi connectivity index (χ1) is 8.28. The molecule has 0 aliphatic heterocycles. The summed E-state index contributed by atoms with van der Waals surface area (Å²) in [4.78, 5) is 10.9.